The fourth-order valence-electron chi connectivity index (χ4n) is 4.38. The molecule has 9 heteroatoms. The molecule has 3 aromatic carbocycles. The van der Waals surface area contributed by atoms with Gasteiger partial charge in [0.2, 0.25) is 5.91 Å². The topological polar surface area (TPSA) is 103 Å². The number of aryl methyl sites for hydroxylation is 1. The number of amides is 1. The monoisotopic (exact) mass is 543 g/mol. The quantitative estimate of drug-likeness (QED) is 0.0865. The van der Waals surface area contributed by atoms with E-state index in [1.807, 2.05) is 41.0 Å². The van der Waals surface area contributed by atoms with Gasteiger partial charge in [-0.15, -0.1) is 10.2 Å². The number of nitrogens with zero attached hydrogens (tertiary/aromatic N) is 4. The molecule has 0 radical (unpaired) electrons. The molecule has 0 saturated heterocycles. The summed E-state index contributed by atoms with van der Waals surface area (Å²) in [6, 6.07) is 24.2. The predicted molar refractivity (Wildman–Crippen MR) is 154 cm³/mol. The number of nitro benzene ring substituents is 1. The van der Waals surface area contributed by atoms with E-state index in [2.05, 4.69) is 47.6 Å². The summed E-state index contributed by atoms with van der Waals surface area (Å²) >= 11 is 1.54. The van der Waals surface area contributed by atoms with Crippen molar-refractivity contribution in [3.8, 4) is 5.69 Å². The molecule has 8 nitrogen and oxygen atoms in total. The van der Waals surface area contributed by atoms with Crippen molar-refractivity contribution in [3.63, 3.8) is 0 Å². The summed E-state index contributed by atoms with van der Waals surface area (Å²) in [5, 5.41) is 24.2. The zero-order valence-electron chi connectivity index (χ0n) is 22.2. The van der Waals surface area contributed by atoms with Gasteiger partial charge in [-0.2, -0.15) is 0 Å². The summed E-state index contributed by atoms with van der Waals surface area (Å²) in [7, 11) is 0. The normalized spacial score (nSPS) is 11.7. The molecule has 202 valence electrons. The molecule has 1 heterocycles. The van der Waals surface area contributed by atoms with Gasteiger partial charge >= 0.3 is 0 Å². The average Bonchev–Trinajstić information content (AvgIpc) is 3.36. The maximum Gasteiger partial charge on any atom is 0.269 e. The molecular formula is C30H33N5O3S. The Morgan fingerprint density at radius 3 is 2.44 bits per heavy atom. The molecule has 0 bridgehead atoms. The van der Waals surface area contributed by atoms with E-state index in [1.54, 1.807) is 12.1 Å². The van der Waals surface area contributed by atoms with Gasteiger partial charge in [0.15, 0.2) is 11.0 Å². The number of nitro groups is 1. The van der Waals surface area contributed by atoms with Crippen LogP contribution in [0, 0.1) is 17.0 Å². The summed E-state index contributed by atoms with van der Waals surface area (Å²) in [6.45, 7) is 4.17. The van der Waals surface area contributed by atoms with Crippen molar-refractivity contribution in [3.05, 3.63) is 111 Å². The highest BCUT2D eigenvalue weighted by molar-refractivity contribution is 7.98. The number of aromatic nitrogens is 3. The first kappa shape index (κ1) is 28.0. The van der Waals surface area contributed by atoms with Gasteiger partial charge in [-0.1, -0.05) is 91.7 Å². The molecule has 1 aromatic heterocycles. The third-order valence-electron chi connectivity index (χ3n) is 6.36. The van der Waals surface area contributed by atoms with E-state index < -0.39 is 11.0 Å². The smallest absolute Gasteiger partial charge is 0.269 e. The zero-order chi connectivity index (χ0) is 27.6. The maximum absolute atomic E-state index is 13.0. The molecule has 0 saturated carbocycles. The minimum Gasteiger partial charge on any atom is -0.346 e. The van der Waals surface area contributed by atoms with Crippen LogP contribution in [-0.2, 0) is 17.0 Å². The Morgan fingerprint density at radius 1 is 1.00 bits per heavy atom. The summed E-state index contributed by atoms with van der Waals surface area (Å²) in [4.78, 5) is 23.8. The van der Waals surface area contributed by atoms with E-state index in [1.165, 1.54) is 29.5 Å². The minimum atomic E-state index is -0.433. The lowest BCUT2D eigenvalue weighted by atomic mass is 10.0. The number of unbranched alkanes of at least 4 members (excludes halogenated alkanes) is 2. The fourth-order valence-corrected chi connectivity index (χ4v) is 5.28. The Kier molecular flexibility index (Phi) is 9.85. The van der Waals surface area contributed by atoms with Crippen molar-refractivity contribution in [1.82, 2.24) is 20.1 Å². The van der Waals surface area contributed by atoms with Gasteiger partial charge in [0, 0.05) is 30.0 Å². The number of hydrogen-bond acceptors (Lipinski definition) is 6. The maximum atomic E-state index is 13.0. The lowest BCUT2D eigenvalue weighted by Gasteiger charge is -2.20. The first-order chi connectivity index (χ1) is 18.9. The molecule has 1 unspecified atom stereocenters. The van der Waals surface area contributed by atoms with Crippen molar-refractivity contribution >= 4 is 23.4 Å². The van der Waals surface area contributed by atoms with Gasteiger partial charge in [-0.25, -0.2) is 0 Å². The van der Waals surface area contributed by atoms with Gasteiger partial charge < -0.3 is 5.32 Å². The SMILES string of the molecule is CCCCCC(=O)NC(Cc1ccccc1)c1nnc(SCc2cccc(C)c2)n1-c1ccc([N+](=O)[O-])cc1. The van der Waals surface area contributed by atoms with Crippen LogP contribution in [0.15, 0.2) is 84.0 Å². The van der Waals surface area contributed by atoms with Crippen molar-refractivity contribution in [2.45, 2.75) is 62.9 Å². The first-order valence-electron chi connectivity index (χ1n) is 13.2. The molecule has 0 aliphatic carbocycles. The van der Waals surface area contributed by atoms with Gasteiger partial charge in [-0.05, 0) is 43.0 Å². The van der Waals surface area contributed by atoms with Gasteiger partial charge in [0.25, 0.3) is 5.69 Å². The van der Waals surface area contributed by atoms with Crippen LogP contribution in [0.1, 0.15) is 61.2 Å². The summed E-state index contributed by atoms with van der Waals surface area (Å²) < 4.78 is 1.91. The van der Waals surface area contributed by atoms with Crippen molar-refractivity contribution in [1.29, 1.82) is 0 Å². The lowest BCUT2D eigenvalue weighted by Crippen LogP contribution is -2.31. The predicted octanol–water partition coefficient (Wildman–Crippen LogP) is 6.76. The van der Waals surface area contributed by atoms with Crippen molar-refractivity contribution in [2.24, 2.45) is 0 Å². The van der Waals surface area contributed by atoms with Crippen LogP contribution < -0.4 is 5.32 Å². The molecule has 0 fully saturated rings. The number of rotatable bonds is 13. The Morgan fingerprint density at radius 2 is 1.74 bits per heavy atom. The Labute approximate surface area is 233 Å². The molecule has 1 atom stereocenters. The molecule has 1 amide bonds. The van der Waals surface area contributed by atoms with Gasteiger partial charge in [0.1, 0.15) is 0 Å². The highest BCUT2D eigenvalue weighted by Crippen LogP contribution is 2.30. The number of hydrogen-bond donors (Lipinski definition) is 1. The van der Waals surface area contributed by atoms with Gasteiger partial charge in [0.05, 0.1) is 11.0 Å². The number of nitrogens with one attached hydrogen (secondary N) is 1. The summed E-state index contributed by atoms with van der Waals surface area (Å²) in [6.07, 6.45) is 3.84. The van der Waals surface area contributed by atoms with Crippen molar-refractivity contribution < 1.29 is 9.72 Å². The van der Waals surface area contributed by atoms with E-state index in [0.717, 1.165) is 30.4 Å². The second-order valence-corrected chi connectivity index (χ2v) is 10.4. The van der Waals surface area contributed by atoms with E-state index in [-0.39, 0.29) is 11.6 Å². The van der Waals surface area contributed by atoms with Crippen LogP contribution >= 0.6 is 11.8 Å². The number of non-ortho nitro benzene ring substituents is 1. The molecule has 0 aliphatic heterocycles. The molecule has 4 aromatic rings. The van der Waals surface area contributed by atoms with Gasteiger partial charge in [-0.3, -0.25) is 19.5 Å². The zero-order valence-corrected chi connectivity index (χ0v) is 23.1. The molecule has 4 rings (SSSR count). The molecule has 0 aliphatic rings. The van der Waals surface area contributed by atoms with Crippen LogP contribution in [0.25, 0.3) is 5.69 Å². The molecule has 0 spiro atoms. The van der Waals surface area contributed by atoms with E-state index >= 15 is 0 Å². The Bertz CT molecular complexity index is 1390. The van der Waals surface area contributed by atoms with Crippen LogP contribution in [0.4, 0.5) is 5.69 Å². The standard InChI is InChI=1S/C30H33N5O3S/c1-3-4-6-14-28(36)31-27(20-23-11-7-5-8-12-23)29-32-33-30(39-21-24-13-9-10-22(2)19-24)34(29)25-15-17-26(18-16-25)35(37)38/h5,7-13,15-19,27H,3-4,6,14,20-21H2,1-2H3,(H,31,36). The third kappa shape index (κ3) is 7.77. The number of thioether (sulfide) groups is 1. The number of carbonyl (C=O) groups is 1. The molecule has 39 heavy (non-hydrogen) atoms. The van der Waals surface area contributed by atoms with E-state index in [4.69, 9.17) is 0 Å². The second kappa shape index (κ2) is 13.7. The highest BCUT2D eigenvalue weighted by atomic mass is 32.2. The third-order valence-corrected chi connectivity index (χ3v) is 7.36. The average molecular weight is 544 g/mol. The lowest BCUT2D eigenvalue weighted by molar-refractivity contribution is -0.384. The first-order valence-corrected chi connectivity index (χ1v) is 14.1. The van der Waals surface area contributed by atoms with Crippen LogP contribution in [0.5, 0.6) is 0 Å². The largest absolute Gasteiger partial charge is 0.346 e. The van der Waals surface area contributed by atoms with E-state index in [9.17, 15) is 14.9 Å². The van der Waals surface area contributed by atoms with Crippen LogP contribution in [0.3, 0.4) is 0 Å². The summed E-state index contributed by atoms with van der Waals surface area (Å²) in [5.74, 6) is 1.24. The Balaban J connectivity index is 1.71. The van der Waals surface area contributed by atoms with Crippen LogP contribution in [0.2, 0.25) is 0 Å². The van der Waals surface area contributed by atoms with Crippen molar-refractivity contribution in [2.75, 3.05) is 0 Å². The molecular weight excluding hydrogens is 510 g/mol. The summed E-state index contributed by atoms with van der Waals surface area (Å²) in [5.41, 5.74) is 4.10. The highest BCUT2D eigenvalue weighted by Gasteiger charge is 2.25. The molecule has 1 N–H and O–H groups in total. The Hall–Kier alpha value is -3.98. The number of benzene rings is 3. The fraction of sp³-hybridized carbons (Fsp3) is 0.300. The van der Waals surface area contributed by atoms with Crippen LogP contribution in [-0.4, -0.2) is 25.6 Å². The second-order valence-electron chi connectivity index (χ2n) is 9.49. The number of carbonyl (C=O) groups excluding carboxylic acids is 1. The van der Waals surface area contributed by atoms with E-state index in [0.29, 0.717) is 35.3 Å². The minimum absolute atomic E-state index is 0.00685.